The number of amides is 1. The lowest BCUT2D eigenvalue weighted by Crippen LogP contribution is -2.22. The van der Waals surface area contributed by atoms with E-state index in [4.69, 9.17) is 11.6 Å². The second kappa shape index (κ2) is 4.02. The fourth-order valence-corrected chi connectivity index (χ4v) is 1.32. The normalized spacial score (nSPS) is 9.85. The van der Waals surface area contributed by atoms with E-state index in [1.165, 1.54) is 11.1 Å². The first-order valence-corrected chi connectivity index (χ1v) is 4.59. The van der Waals surface area contributed by atoms with E-state index in [0.717, 1.165) is 0 Å². The standard InChI is InChI=1S/C7H7BrClN3O/c1-12(2)6(13)4-3-10-7(8)11-5(4)9/h3H,1-2H3. The van der Waals surface area contributed by atoms with Crippen molar-refractivity contribution in [1.82, 2.24) is 14.9 Å². The summed E-state index contributed by atoms with van der Waals surface area (Å²) >= 11 is 8.79. The monoisotopic (exact) mass is 263 g/mol. The van der Waals surface area contributed by atoms with Crippen molar-refractivity contribution in [1.29, 1.82) is 0 Å². The predicted molar refractivity (Wildman–Crippen MR) is 52.8 cm³/mol. The molecule has 0 aliphatic heterocycles. The van der Waals surface area contributed by atoms with Crippen LogP contribution in [0.3, 0.4) is 0 Å². The average molecular weight is 265 g/mol. The molecule has 0 radical (unpaired) electrons. The van der Waals surface area contributed by atoms with E-state index in [1.54, 1.807) is 14.1 Å². The molecule has 0 spiro atoms. The molecule has 4 nitrogen and oxygen atoms in total. The summed E-state index contributed by atoms with van der Waals surface area (Å²) in [4.78, 5) is 20.5. The van der Waals surface area contributed by atoms with Crippen LogP contribution in [-0.4, -0.2) is 34.9 Å². The lowest BCUT2D eigenvalue weighted by atomic mass is 10.3. The molecule has 70 valence electrons. The SMILES string of the molecule is CN(C)C(=O)c1cnc(Br)nc1Cl. The molecule has 0 aliphatic rings. The van der Waals surface area contributed by atoms with Gasteiger partial charge >= 0.3 is 0 Å². The van der Waals surface area contributed by atoms with Gasteiger partial charge in [-0.3, -0.25) is 4.79 Å². The summed E-state index contributed by atoms with van der Waals surface area (Å²) in [5.74, 6) is -0.211. The summed E-state index contributed by atoms with van der Waals surface area (Å²) in [6, 6.07) is 0. The molecule has 0 N–H and O–H groups in total. The molecule has 0 saturated heterocycles. The van der Waals surface area contributed by atoms with E-state index in [9.17, 15) is 4.79 Å². The van der Waals surface area contributed by atoms with Gasteiger partial charge in [0.15, 0.2) is 4.73 Å². The van der Waals surface area contributed by atoms with Crippen molar-refractivity contribution in [3.05, 3.63) is 21.6 Å². The minimum atomic E-state index is -0.211. The summed E-state index contributed by atoms with van der Waals surface area (Å²) in [6.07, 6.45) is 1.39. The molecule has 0 bridgehead atoms. The van der Waals surface area contributed by atoms with Gasteiger partial charge in [0.1, 0.15) is 5.15 Å². The molecule has 0 aliphatic carbocycles. The zero-order valence-electron chi connectivity index (χ0n) is 7.08. The summed E-state index contributed by atoms with van der Waals surface area (Å²) < 4.78 is 0.368. The van der Waals surface area contributed by atoms with Crippen molar-refractivity contribution < 1.29 is 4.79 Å². The first-order chi connectivity index (χ1) is 6.02. The van der Waals surface area contributed by atoms with Gasteiger partial charge in [-0.25, -0.2) is 9.97 Å². The molecule has 1 amide bonds. The Morgan fingerprint density at radius 1 is 1.62 bits per heavy atom. The van der Waals surface area contributed by atoms with Crippen molar-refractivity contribution in [3.63, 3.8) is 0 Å². The van der Waals surface area contributed by atoms with Crippen LogP contribution >= 0.6 is 27.5 Å². The van der Waals surface area contributed by atoms with E-state index in [0.29, 0.717) is 10.3 Å². The van der Waals surface area contributed by atoms with Crippen LogP contribution in [0.5, 0.6) is 0 Å². The average Bonchev–Trinajstić information content (AvgIpc) is 2.03. The molecule has 1 rings (SSSR count). The lowest BCUT2D eigenvalue weighted by Gasteiger charge is -2.10. The molecular weight excluding hydrogens is 257 g/mol. The molecule has 6 heteroatoms. The van der Waals surface area contributed by atoms with E-state index in [-0.39, 0.29) is 11.1 Å². The molecule has 1 aromatic heterocycles. The second-order valence-electron chi connectivity index (χ2n) is 2.54. The maximum atomic E-state index is 11.4. The van der Waals surface area contributed by atoms with Crippen molar-refractivity contribution in [3.8, 4) is 0 Å². The van der Waals surface area contributed by atoms with Gasteiger partial charge in [0.2, 0.25) is 0 Å². The van der Waals surface area contributed by atoms with Crippen LogP contribution in [0, 0.1) is 0 Å². The molecule has 0 aromatic carbocycles. The van der Waals surface area contributed by atoms with E-state index in [1.807, 2.05) is 0 Å². The van der Waals surface area contributed by atoms with Crippen molar-refractivity contribution >= 4 is 33.4 Å². The smallest absolute Gasteiger partial charge is 0.258 e. The van der Waals surface area contributed by atoms with E-state index >= 15 is 0 Å². The Bertz CT molecular complexity index is 343. The number of aromatic nitrogens is 2. The first kappa shape index (κ1) is 10.4. The zero-order chi connectivity index (χ0) is 10.0. The molecule has 0 saturated carbocycles. The molecule has 0 atom stereocenters. The van der Waals surface area contributed by atoms with Crippen molar-refractivity contribution in [2.75, 3.05) is 14.1 Å². The molecule has 0 fully saturated rings. The Kier molecular flexibility index (Phi) is 3.22. The maximum Gasteiger partial charge on any atom is 0.258 e. The molecule has 1 heterocycles. The van der Waals surface area contributed by atoms with Gasteiger partial charge in [0.05, 0.1) is 5.56 Å². The van der Waals surface area contributed by atoms with Gasteiger partial charge in [-0.05, 0) is 15.9 Å². The highest BCUT2D eigenvalue weighted by Gasteiger charge is 2.13. The number of carbonyl (C=O) groups is 1. The Morgan fingerprint density at radius 3 is 2.69 bits per heavy atom. The zero-order valence-corrected chi connectivity index (χ0v) is 9.43. The van der Waals surface area contributed by atoms with Crippen LogP contribution < -0.4 is 0 Å². The minimum Gasteiger partial charge on any atom is -0.345 e. The third-order valence-electron chi connectivity index (χ3n) is 1.35. The Labute approximate surface area is 89.1 Å². The molecule has 0 unspecified atom stereocenters. The fraction of sp³-hybridized carbons (Fsp3) is 0.286. The maximum absolute atomic E-state index is 11.4. The van der Waals surface area contributed by atoms with Crippen LogP contribution in [0.25, 0.3) is 0 Å². The van der Waals surface area contributed by atoms with Gasteiger partial charge < -0.3 is 4.90 Å². The highest BCUT2D eigenvalue weighted by molar-refractivity contribution is 9.10. The summed E-state index contributed by atoms with van der Waals surface area (Å²) in [5.41, 5.74) is 0.301. The third-order valence-corrected chi connectivity index (χ3v) is 2.02. The Hall–Kier alpha value is -0.680. The third kappa shape index (κ3) is 2.38. The molecular formula is C7H7BrClN3O. The molecule has 1 aromatic rings. The number of nitrogens with zero attached hydrogens (tertiary/aromatic N) is 3. The van der Waals surface area contributed by atoms with Gasteiger partial charge in [0.25, 0.3) is 5.91 Å². The quantitative estimate of drug-likeness (QED) is 0.572. The molecule has 13 heavy (non-hydrogen) atoms. The largest absolute Gasteiger partial charge is 0.345 e. The summed E-state index contributed by atoms with van der Waals surface area (Å²) in [5, 5.41) is 0.153. The summed E-state index contributed by atoms with van der Waals surface area (Å²) in [6.45, 7) is 0. The number of rotatable bonds is 1. The number of hydrogen-bond donors (Lipinski definition) is 0. The van der Waals surface area contributed by atoms with Gasteiger partial charge in [-0.1, -0.05) is 11.6 Å². The number of halogens is 2. The number of carbonyl (C=O) groups excluding carboxylic acids is 1. The first-order valence-electron chi connectivity index (χ1n) is 3.42. The van der Waals surface area contributed by atoms with Crippen LogP contribution in [0.2, 0.25) is 5.15 Å². The Balaban J connectivity index is 3.09. The van der Waals surface area contributed by atoms with E-state index < -0.39 is 0 Å². The number of hydrogen-bond acceptors (Lipinski definition) is 3. The summed E-state index contributed by atoms with van der Waals surface area (Å²) in [7, 11) is 3.28. The van der Waals surface area contributed by atoms with Gasteiger partial charge in [0, 0.05) is 20.3 Å². The van der Waals surface area contributed by atoms with Crippen LogP contribution in [0.1, 0.15) is 10.4 Å². The van der Waals surface area contributed by atoms with Crippen molar-refractivity contribution in [2.24, 2.45) is 0 Å². The fourth-order valence-electron chi connectivity index (χ4n) is 0.726. The topological polar surface area (TPSA) is 46.1 Å². The predicted octanol–water partition coefficient (Wildman–Crippen LogP) is 1.59. The van der Waals surface area contributed by atoms with Gasteiger partial charge in [-0.2, -0.15) is 0 Å². The lowest BCUT2D eigenvalue weighted by molar-refractivity contribution is 0.0827. The highest BCUT2D eigenvalue weighted by atomic mass is 79.9. The Morgan fingerprint density at radius 2 is 2.23 bits per heavy atom. The van der Waals surface area contributed by atoms with Crippen LogP contribution in [0.4, 0.5) is 0 Å². The minimum absolute atomic E-state index is 0.153. The highest BCUT2D eigenvalue weighted by Crippen LogP contribution is 2.15. The second-order valence-corrected chi connectivity index (χ2v) is 3.61. The van der Waals surface area contributed by atoms with E-state index in [2.05, 4.69) is 25.9 Å². The van der Waals surface area contributed by atoms with Gasteiger partial charge in [-0.15, -0.1) is 0 Å². The van der Waals surface area contributed by atoms with Crippen LogP contribution in [0.15, 0.2) is 10.9 Å². The van der Waals surface area contributed by atoms with Crippen molar-refractivity contribution in [2.45, 2.75) is 0 Å². The van der Waals surface area contributed by atoms with Crippen LogP contribution in [-0.2, 0) is 0 Å².